The van der Waals surface area contributed by atoms with E-state index < -0.39 is 41.5 Å². The molecule has 2 N–H and O–H groups in total. The Hall–Kier alpha value is -3.63. The number of aromatic carboxylic acids is 1. The molecule has 0 radical (unpaired) electrons. The average Bonchev–Trinajstić information content (AvgIpc) is 3.17. The van der Waals surface area contributed by atoms with Crippen molar-refractivity contribution in [3.8, 4) is 5.75 Å². The van der Waals surface area contributed by atoms with Crippen LogP contribution in [0.3, 0.4) is 0 Å². The zero-order chi connectivity index (χ0) is 27.7. The first-order chi connectivity index (χ1) is 18.6. The number of nitrogens with zero attached hydrogens (tertiary/aromatic N) is 1. The van der Waals surface area contributed by atoms with Crippen LogP contribution in [-0.4, -0.2) is 39.6 Å². The molecule has 6 rings (SSSR count). The van der Waals surface area contributed by atoms with Crippen molar-refractivity contribution in [3.63, 3.8) is 0 Å². The molecule has 2 aromatic rings. The Labute approximate surface area is 238 Å². The molecular formula is C29H19Br2NO7. The van der Waals surface area contributed by atoms with E-state index >= 15 is 0 Å². The molecule has 10 heteroatoms. The van der Waals surface area contributed by atoms with Crippen molar-refractivity contribution >= 4 is 66.9 Å². The number of ketones is 2. The van der Waals surface area contributed by atoms with Gasteiger partial charge in [-0.05, 0) is 71.1 Å². The predicted octanol–water partition coefficient (Wildman–Crippen LogP) is 4.82. The highest BCUT2D eigenvalue weighted by molar-refractivity contribution is 9.12. The number of carboxylic acids is 1. The first kappa shape index (κ1) is 25.6. The molecule has 4 unspecified atom stereocenters. The van der Waals surface area contributed by atoms with Gasteiger partial charge >= 0.3 is 5.97 Å². The third kappa shape index (κ3) is 3.88. The summed E-state index contributed by atoms with van der Waals surface area (Å²) >= 11 is 6.61. The van der Waals surface area contributed by atoms with Gasteiger partial charge in [0.2, 0.25) is 11.8 Å². The molecule has 0 saturated carbocycles. The molecule has 3 aliphatic carbocycles. The molecule has 1 heterocycles. The van der Waals surface area contributed by atoms with E-state index in [0.29, 0.717) is 15.6 Å². The summed E-state index contributed by atoms with van der Waals surface area (Å²) < 4.78 is 0.779. The third-order valence-corrected chi connectivity index (χ3v) is 9.07. The van der Waals surface area contributed by atoms with Crippen molar-refractivity contribution < 1.29 is 34.2 Å². The fraction of sp³-hybridized carbons (Fsp3) is 0.207. The summed E-state index contributed by atoms with van der Waals surface area (Å²) in [5.74, 6) is -5.76. The molecular weight excluding hydrogens is 634 g/mol. The average molecular weight is 653 g/mol. The van der Waals surface area contributed by atoms with Crippen LogP contribution >= 0.6 is 31.9 Å². The van der Waals surface area contributed by atoms with Gasteiger partial charge in [-0.1, -0.05) is 33.6 Å². The van der Waals surface area contributed by atoms with E-state index in [2.05, 4.69) is 31.9 Å². The maximum atomic E-state index is 13.9. The number of hydrogen-bond donors (Lipinski definition) is 2. The number of carboxylic acid groups (broad SMARTS) is 1. The number of benzene rings is 2. The van der Waals surface area contributed by atoms with Crippen molar-refractivity contribution in [1.29, 1.82) is 0 Å². The zero-order valence-corrected chi connectivity index (χ0v) is 23.2. The van der Waals surface area contributed by atoms with Crippen LogP contribution in [0, 0.1) is 17.8 Å². The Morgan fingerprint density at radius 1 is 0.974 bits per heavy atom. The zero-order valence-electron chi connectivity index (χ0n) is 20.1. The monoisotopic (exact) mass is 651 g/mol. The van der Waals surface area contributed by atoms with Crippen LogP contribution in [0.15, 0.2) is 80.3 Å². The van der Waals surface area contributed by atoms with Crippen LogP contribution in [0.1, 0.15) is 34.7 Å². The maximum absolute atomic E-state index is 13.9. The number of phenolic OH excluding ortho intramolecular Hbond substituents is 1. The van der Waals surface area contributed by atoms with E-state index in [1.54, 1.807) is 12.1 Å². The number of fused-ring (bicyclic) bond motifs is 3. The van der Waals surface area contributed by atoms with Crippen LogP contribution in [0.4, 0.5) is 5.69 Å². The minimum Gasteiger partial charge on any atom is -0.508 e. The van der Waals surface area contributed by atoms with E-state index in [9.17, 15) is 34.2 Å². The van der Waals surface area contributed by atoms with Crippen LogP contribution < -0.4 is 4.90 Å². The van der Waals surface area contributed by atoms with Gasteiger partial charge in [0.15, 0.2) is 11.6 Å². The summed E-state index contributed by atoms with van der Waals surface area (Å²) in [6.45, 7) is 0. The van der Waals surface area contributed by atoms with Gasteiger partial charge in [-0.2, -0.15) is 0 Å². The van der Waals surface area contributed by atoms with Crippen LogP contribution in [-0.2, 0) is 19.2 Å². The summed E-state index contributed by atoms with van der Waals surface area (Å²) in [5.41, 5.74) is 1.77. The lowest BCUT2D eigenvalue weighted by atomic mass is 9.59. The summed E-state index contributed by atoms with van der Waals surface area (Å²) in [6, 6.07) is 10.5. The Balaban J connectivity index is 1.49. The fourth-order valence-corrected chi connectivity index (χ4v) is 7.18. The van der Waals surface area contributed by atoms with Crippen LogP contribution in [0.2, 0.25) is 0 Å². The largest absolute Gasteiger partial charge is 0.508 e. The number of carbonyl (C=O) groups is 5. The fourth-order valence-electron chi connectivity index (χ4n) is 6.35. The lowest BCUT2D eigenvalue weighted by molar-refractivity contribution is -0.123. The molecule has 0 aromatic heterocycles. The van der Waals surface area contributed by atoms with Crippen molar-refractivity contribution in [3.05, 3.63) is 91.4 Å². The first-order valence-corrected chi connectivity index (χ1v) is 13.8. The van der Waals surface area contributed by atoms with Gasteiger partial charge in [-0.15, -0.1) is 0 Å². The van der Waals surface area contributed by atoms with Gasteiger partial charge in [-0.25, -0.2) is 4.79 Å². The lowest BCUT2D eigenvalue weighted by Gasteiger charge is -2.42. The number of imide groups is 1. The SMILES string of the molecule is O=C1C=C(Br)C(=O)C2=C1C(c1cc(Br)ccc1O)C1=CCC3C(=O)N(c4cccc(C(=O)O)c4)C(=O)C3C1C2. The number of phenols is 1. The quantitative estimate of drug-likeness (QED) is 0.276. The van der Waals surface area contributed by atoms with E-state index in [4.69, 9.17) is 0 Å². The standard InChI is InChI=1S/C29H19Br2NO7/c30-13-4-7-21(33)18(9-13)23-15-5-6-16-24(17(15)10-19-25(23)22(34)11-20(31)26(19)35)28(37)32(27(16)36)14-3-1-2-12(8-14)29(38)39/h1-5,7-9,11,16-17,23-24,33H,6,10H2,(H,38,39). The molecule has 4 atom stereocenters. The number of Topliss-reactive ketones (excluding diaryl/α,β-unsaturated/α-hetero) is 1. The van der Waals surface area contributed by atoms with Crippen LogP contribution in [0.25, 0.3) is 0 Å². The van der Waals surface area contributed by atoms with Crippen molar-refractivity contribution in [1.82, 2.24) is 0 Å². The van der Waals surface area contributed by atoms with Gasteiger partial charge in [0, 0.05) is 33.2 Å². The molecule has 1 saturated heterocycles. The van der Waals surface area contributed by atoms with Gasteiger partial charge in [0.1, 0.15) is 5.75 Å². The Morgan fingerprint density at radius 3 is 2.49 bits per heavy atom. The molecule has 8 nitrogen and oxygen atoms in total. The summed E-state index contributed by atoms with van der Waals surface area (Å²) in [5, 5.41) is 20.3. The summed E-state index contributed by atoms with van der Waals surface area (Å²) in [4.78, 5) is 66.6. The number of allylic oxidation sites excluding steroid dienone is 6. The topological polar surface area (TPSA) is 129 Å². The van der Waals surface area contributed by atoms with E-state index in [0.717, 1.165) is 4.90 Å². The third-order valence-electron chi connectivity index (χ3n) is 7.98. The highest BCUT2D eigenvalue weighted by Gasteiger charge is 2.57. The number of hydrogen-bond acceptors (Lipinski definition) is 6. The van der Waals surface area contributed by atoms with Gasteiger partial charge < -0.3 is 10.2 Å². The number of rotatable bonds is 3. The Morgan fingerprint density at radius 2 is 1.74 bits per heavy atom. The molecule has 0 bridgehead atoms. The molecule has 2 aromatic carbocycles. The lowest BCUT2D eigenvalue weighted by Crippen LogP contribution is -2.39. The number of anilines is 1. The highest BCUT2D eigenvalue weighted by Crippen LogP contribution is 2.56. The van der Waals surface area contributed by atoms with E-state index in [1.807, 2.05) is 6.08 Å². The second kappa shape index (κ2) is 9.24. The van der Waals surface area contributed by atoms with Crippen molar-refractivity contribution in [2.24, 2.45) is 17.8 Å². The van der Waals surface area contributed by atoms with Crippen molar-refractivity contribution in [2.75, 3.05) is 4.90 Å². The molecule has 1 fully saturated rings. The molecule has 2 amide bonds. The predicted molar refractivity (Wildman–Crippen MR) is 146 cm³/mol. The summed E-state index contributed by atoms with van der Waals surface area (Å²) in [6.07, 6.45) is 3.40. The smallest absolute Gasteiger partial charge is 0.335 e. The Kier molecular flexibility index (Phi) is 6.07. The number of amides is 2. The Bertz CT molecular complexity index is 1640. The maximum Gasteiger partial charge on any atom is 0.335 e. The van der Waals surface area contributed by atoms with Crippen LogP contribution in [0.5, 0.6) is 5.75 Å². The van der Waals surface area contributed by atoms with Crippen molar-refractivity contribution in [2.45, 2.75) is 18.8 Å². The molecule has 196 valence electrons. The number of carbonyl (C=O) groups excluding carboxylic acids is 4. The molecule has 1 aliphatic heterocycles. The van der Waals surface area contributed by atoms with Gasteiger partial charge in [0.25, 0.3) is 0 Å². The molecule has 4 aliphatic rings. The van der Waals surface area contributed by atoms with Gasteiger partial charge in [-0.3, -0.25) is 24.1 Å². The second-order valence-corrected chi connectivity index (χ2v) is 11.7. The molecule has 39 heavy (non-hydrogen) atoms. The summed E-state index contributed by atoms with van der Waals surface area (Å²) in [7, 11) is 0. The number of halogens is 2. The molecule has 0 spiro atoms. The normalized spacial score (nSPS) is 26.2. The minimum absolute atomic E-state index is 0.0533. The second-order valence-electron chi connectivity index (χ2n) is 9.96. The highest BCUT2D eigenvalue weighted by atomic mass is 79.9. The van der Waals surface area contributed by atoms with E-state index in [-0.39, 0.29) is 57.0 Å². The van der Waals surface area contributed by atoms with E-state index in [1.165, 1.54) is 36.4 Å². The number of aromatic hydroxyl groups is 1. The van der Waals surface area contributed by atoms with Gasteiger partial charge in [0.05, 0.1) is 27.6 Å². The first-order valence-electron chi connectivity index (χ1n) is 12.2. The minimum atomic E-state index is -1.18.